The molecule has 4 N–H and O–H groups in total. The highest BCUT2D eigenvalue weighted by molar-refractivity contribution is 7.15. The molecule has 0 amide bonds. The molecular formula is C25H30N4O5S. The van der Waals surface area contributed by atoms with Crippen LogP contribution in [0.25, 0.3) is 10.4 Å². The van der Waals surface area contributed by atoms with Crippen molar-refractivity contribution in [3.8, 4) is 16.3 Å². The van der Waals surface area contributed by atoms with E-state index in [9.17, 15) is 15.0 Å². The van der Waals surface area contributed by atoms with Crippen LogP contribution in [0.15, 0.2) is 36.7 Å². The van der Waals surface area contributed by atoms with Crippen molar-refractivity contribution in [1.82, 2.24) is 15.0 Å². The molecule has 0 bridgehead atoms. The minimum atomic E-state index is -1.15. The monoisotopic (exact) mass is 498 g/mol. The molecule has 0 spiro atoms. The molecule has 0 radical (unpaired) electrons. The fraction of sp³-hybridized carbons (Fsp3) is 0.440. The van der Waals surface area contributed by atoms with Crippen LogP contribution in [0.3, 0.4) is 0 Å². The van der Waals surface area contributed by atoms with Crippen LogP contribution < -0.4 is 10.1 Å². The van der Waals surface area contributed by atoms with Gasteiger partial charge in [0, 0.05) is 24.1 Å². The number of ether oxygens (including phenoxy) is 1. The molecule has 1 fully saturated rings. The number of aliphatic hydroxyl groups excluding tert-OH is 1. The van der Waals surface area contributed by atoms with Gasteiger partial charge in [0.05, 0.1) is 17.4 Å². The van der Waals surface area contributed by atoms with Crippen LogP contribution in [-0.2, 0) is 10.4 Å². The predicted octanol–water partition coefficient (Wildman–Crippen LogP) is 4.12. The SMILES string of the molecule is Cc1cc(Nc2nccc(OCCO)n2)cc(-c2cnc(C3(O)CCC(C(=O)O)C(C)(C)C3)s2)c1. The number of nitrogens with one attached hydrogen (secondary N) is 1. The third kappa shape index (κ3) is 5.61. The quantitative estimate of drug-likeness (QED) is 0.361. The summed E-state index contributed by atoms with van der Waals surface area (Å²) in [5.74, 6) is -0.562. The summed E-state index contributed by atoms with van der Waals surface area (Å²) < 4.78 is 5.35. The summed E-state index contributed by atoms with van der Waals surface area (Å²) in [6.45, 7) is 5.84. The molecule has 35 heavy (non-hydrogen) atoms. The lowest BCUT2D eigenvalue weighted by Crippen LogP contribution is -2.44. The Morgan fingerprint density at radius 1 is 1.29 bits per heavy atom. The molecule has 2 aromatic heterocycles. The van der Waals surface area contributed by atoms with Gasteiger partial charge in [-0.25, -0.2) is 9.97 Å². The number of carbonyl (C=O) groups is 1. The number of hydrogen-bond donors (Lipinski definition) is 4. The van der Waals surface area contributed by atoms with Crippen molar-refractivity contribution in [3.05, 3.63) is 47.2 Å². The summed E-state index contributed by atoms with van der Waals surface area (Å²) in [5, 5.41) is 33.7. The second-order valence-corrected chi connectivity index (χ2v) is 10.7. The molecule has 0 saturated heterocycles. The van der Waals surface area contributed by atoms with Gasteiger partial charge in [0.1, 0.15) is 17.2 Å². The Kier molecular flexibility index (Phi) is 7.07. The first-order valence-electron chi connectivity index (χ1n) is 11.5. The Labute approximate surface area is 207 Å². The molecule has 10 heteroatoms. The minimum Gasteiger partial charge on any atom is -0.481 e. The van der Waals surface area contributed by atoms with Gasteiger partial charge in [-0.1, -0.05) is 19.9 Å². The first-order chi connectivity index (χ1) is 16.6. The Balaban J connectivity index is 1.55. The van der Waals surface area contributed by atoms with Gasteiger partial charge in [-0.2, -0.15) is 4.98 Å². The Morgan fingerprint density at radius 3 is 2.80 bits per heavy atom. The van der Waals surface area contributed by atoms with Crippen molar-refractivity contribution in [2.24, 2.45) is 11.3 Å². The van der Waals surface area contributed by atoms with Crippen LogP contribution in [0.5, 0.6) is 5.88 Å². The zero-order valence-electron chi connectivity index (χ0n) is 20.0. The lowest BCUT2D eigenvalue weighted by Gasteiger charge is -2.44. The van der Waals surface area contributed by atoms with Crippen molar-refractivity contribution in [2.45, 2.75) is 45.6 Å². The van der Waals surface area contributed by atoms with Gasteiger partial charge in [0.25, 0.3) is 0 Å². The van der Waals surface area contributed by atoms with E-state index in [1.165, 1.54) is 11.3 Å². The van der Waals surface area contributed by atoms with Crippen LogP contribution in [0.2, 0.25) is 0 Å². The van der Waals surface area contributed by atoms with Gasteiger partial charge in [-0.15, -0.1) is 11.3 Å². The number of nitrogens with zero attached hydrogens (tertiary/aromatic N) is 3. The van der Waals surface area contributed by atoms with E-state index in [4.69, 9.17) is 9.84 Å². The summed E-state index contributed by atoms with van der Waals surface area (Å²) >= 11 is 1.43. The van der Waals surface area contributed by atoms with Crippen LogP contribution in [-0.4, -0.2) is 49.5 Å². The highest BCUT2D eigenvalue weighted by atomic mass is 32.1. The van der Waals surface area contributed by atoms with Gasteiger partial charge in [-0.05, 0) is 54.9 Å². The number of carboxylic acid groups (broad SMARTS) is 1. The van der Waals surface area contributed by atoms with Crippen molar-refractivity contribution < 1.29 is 24.9 Å². The maximum atomic E-state index is 11.6. The first-order valence-corrected chi connectivity index (χ1v) is 12.3. The van der Waals surface area contributed by atoms with Crippen LogP contribution in [0, 0.1) is 18.3 Å². The van der Waals surface area contributed by atoms with Gasteiger partial charge >= 0.3 is 5.97 Å². The molecule has 3 aromatic rings. The molecule has 2 unspecified atom stereocenters. The number of aromatic nitrogens is 3. The third-order valence-electron chi connectivity index (χ3n) is 6.33. The number of aliphatic hydroxyl groups is 2. The lowest BCUT2D eigenvalue weighted by molar-refractivity contribution is -0.154. The van der Waals surface area contributed by atoms with Gasteiger partial charge in [0.2, 0.25) is 11.8 Å². The van der Waals surface area contributed by atoms with Gasteiger partial charge < -0.3 is 25.4 Å². The van der Waals surface area contributed by atoms with E-state index in [2.05, 4.69) is 20.3 Å². The molecule has 0 aliphatic heterocycles. The van der Waals surface area contributed by atoms with Crippen molar-refractivity contribution in [3.63, 3.8) is 0 Å². The van der Waals surface area contributed by atoms with E-state index in [0.717, 1.165) is 21.7 Å². The number of hydrogen-bond acceptors (Lipinski definition) is 9. The molecular weight excluding hydrogens is 468 g/mol. The van der Waals surface area contributed by atoms with E-state index in [-0.39, 0.29) is 13.2 Å². The average molecular weight is 499 g/mol. The van der Waals surface area contributed by atoms with E-state index >= 15 is 0 Å². The van der Waals surface area contributed by atoms with Crippen molar-refractivity contribution in [2.75, 3.05) is 18.5 Å². The summed E-state index contributed by atoms with van der Waals surface area (Å²) in [6, 6.07) is 7.60. The normalized spacial score (nSPS) is 21.5. The Hall–Kier alpha value is -3.08. The molecule has 1 aliphatic carbocycles. The number of benzene rings is 1. The van der Waals surface area contributed by atoms with Crippen molar-refractivity contribution in [1.29, 1.82) is 0 Å². The molecule has 4 rings (SSSR count). The van der Waals surface area contributed by atoms with Crippen LogP contribution in [0.1, 0.15) is 43.7 Å². The van der Waals surface area contributed by atoms with Gasteiger partial charge in [-0.3, -0.25) is 4.79 Å². The highest BCUT2D eigenvalue weighted by Crippen LogP contribution is 2.50. The van der Waals surface area contributed by atoms with Gasteiger partial charge in [0.15, 0.2) is 0 Å². The largest absolute Gasteiger partial charge is 0.481 e. The second-order valence-electron chi connectivity index (χ2n) is 9.66. The lowest BCUT2D eigenvalue weighted by atomic mass is 9.63. The molecule has 2 atom stereocenters. The molecule has 1 aromatic carbocycles. The highest BCUT2D eigenvalue weighted by Gasteiger charge is 2.49. The van der Waals surface area contributed by atoms with E-state index in [1.54, 1.807) is 18.5 Å². The molecule has 1 saturated carbocycles. The summed E-state index contributed by atoms with van der Waals surface area (Å²) in [4.78, 5) is 25.6. The minimum absolute atomic E-state index is 0.0996. The number of aryl methyl sites for hydroxylation is 1. The number of thiazole rings is 1. The Bertz CT molecular complexity index is 1210. The molecule has 1 aliphatic rings. The fourth-order valence-corrected chi connectivity index (χ4v) is 5.78. The third-order valence-corrected chi connectivity index (χ3v) is 7.57. The number of rotatable bonds is 8. The van der Waals surface area contributed by atoms with E-state index in [1.807, 2.05) is 39.0 Å². The molecule has 186 valence electrons. The maximum absolute atomic E-state index is 11.6. The summed E-state index contributed by atoms with van der Waals surface area (Å²) in [6.07, 6.45) is 4.46. The topological polar surface area (TPSA) is 138 Å². The zero-order chi connectivity index (χ0) is 25.2. The second kappa shape index (κ2) is 9.88. The predicted molar refractivity (Wildman–Crippen MR) is 133 cm³/mol. The maximum Gasteiger partial charge on any atom is 0.307 e. The summed E-state index contributed by atoms with van der Waals surface area (Å²) in [7, 11) is 0. The number of carboxylic acids is 1. The average Bonchev–Trinajstić information content (AvgIpc) is 3.28. The fourth-order valence-electron chi connectivity index (χ4n) is 4.76. The summed E-state index contributed by atoms with van der Waals surface area (Å²) in [5.41, 5.74) is 1.06. The Morgan fingerprint density at radius 2 is 2.09 bits per heavy atom. The standard InChI is InChI=1S/C25H30N4O5S/c1-15-10-16(12-17(11-15)28-23-26-7-5-20(29-23)34-9-8-30)19-13-27-22(35-19)25(33)6-4-18(21(31)32)24(2,3)14-25/h5,7,10-13,18,30,33H,4,6,8-9,14H2,1-3H3,(H,31,32)(H,26,28,29). The molecule has 2 heterocycles. The smallest absolute Gasteiger partial charge is 0.307 e. The number of aliphatic carboxylic acids is 1. The van der Waals surface area contributed by atoms with E-state index in [0.29, 0.717) is 36.1 Å². The van der Waals surface area contributed by atoms with Crippen LogP contribution in [0.4, 0.5) is 11.6 Å². The zero-order valence-corrected chi connectivity index (χ0v) is 20.8. The number of anilines is 2. The van der Waals surface area contributed by atoms with E-state index < -0.39 is 22.9 Å². The van der Waals surface area contributed by atoms with Crippen molar-refractivity contribution >= 4 is 28.9 Å². The van der Waals surface area contributed by atoms with Crippen LogP contribution >= 0.6 is 11.3 Å². The first kappa shape index (κ1) is 25.0. The molecule has 9 nitrogen and oxygen atoms in total.